The molecule has 0 radical (unpaired) electrons. The summed E-state index contributed by atoms with van der Waals surface area (Å²) >= 11 is 0. The highest BCUT2D eigenvalue weighted by Crippen LogP contribution is 2.43. The predicted octanol–water partition coefficient (Wildman–Crippen LogP) is 3.62. The Balaban J connectivity index is 1.08. The number of halogens is 1. The molecule has 1 aromatic rings. The number of fused-ring (bicyclic) bond motifs is 2. The number of piperidine rings is 1. The molecule has 5 rings (SSSR count). The molecule has 4 aliphatic rings. The minimum absolute atomic E-state index is 0.0882. The summed E-state index contributed by atoms with van der Waals surface area (Å²) in [7, 11) is 0. The lowest BCUT2D eigenvalue weighted by Crippen LogP contribution is -2.53. The highest BCUT2D eigenvalue weighted by Gasteiger charge is 2.37. The summed E-state index contributed by atoms with van der Waals surface area (Å²) in [6.07, 6.45) is 10.4. The van der Waals surface area contributed by atoms with Crippen molar-refractivity contribution in [3.05, 3.63) is 42.2 Å². The van der Waals surface area contributed by atoms with Gasteiger partial charge in [0.25, 0.3) is 0 Å². The van der Waals surface area contributed by atoms with Crippen LogP contribution < -0.4 is 4.90 Å². The van der Waals surface area contributed by atoms with Gasteiger partial charge in [0.15, 0.2) is 0 Å². The van der Waals surface area contributed by atoms with Crippen molar-refractivity contribution in [2.24, 2.45) is 17.8 Å². The molecular weight excluding hydrogens is 337 g/mol. The molecule has 2 aliphatic carbocycles. The average Bonchev–Trinajstić information content (AvgIpc) is 3.32. The molecule has 2 heterocycles. The normalized spacial score (nSPS) is 32.5. The van der Waals surface area contributed by atoms with Gasteiger partial charge in [-0.3, -0.25) is 4.90 Å². The molecule has 3 nitrogen and oxygen atoms in total. The van der Waals surface area contributed by atoms with Gasteiger partial charge in [0.05, 0.1) is 5.69 Å². The highest BCUT2D eigenvalue weighted by molar-refractivity contribution is 5.48. The molecule has 4 heteroatoms. The summed E-state index contributed by atoms with van der Waals surface area (Å²) in [5.41, 5.74) is 0.770. The Kier molecular flexibility index (Phi) is 4.95. The molecule has 2 saturated heterocycles. The minimum atomic E-state index is -0.0882. The van der Waals surface area contributed by atoms with Gasteiger partial charge in [0.1, 0.15) is 5.82 Å². The van der Waals surface area contributed by atoms with E-state index in [1.807, 2.05) is 12.1 Å². The zero-order valence-electron chi connectivity index (χ0n) is 16.3. The van der Waals surface area contributed by atoms with Gasteiger partial charge in [-0.1, -0.05) is 24.3 Å². The van der Waals surface area contributed by atoms with Gasteiger partial charge >= 0.3 is 0 Å². The fourth-order valence-corrected chi connectivity index (χ4v) is 5.94. The first kappa shape index (κ1) is 17.7. The molecule has 2 bridgehead atoms. The maximum Gasteiger partial charge on any atom is 0.146 e. The van der Waals surface area contributed by atoms with E-state index in [0.29, 0.717) is 0 Å². The van der Waals surface area contributed by atoms with E-state index in [2.05, 4.69) is 26.9 Å². The van der Waals surface area contributed by atoms with Gasteiger partial charge in [-0.25, -0.2) is 4.39 Å². The number of nitrogens with zero attached hydrogens (tertiary/aromatic N) is 3. The van der Waals surface area contributed by atoms with E-state index < -0.39 is 0 Å². The SMILES string of the molecule is Fc1ccccc1N1CCN(C2CCN(C[C@H]3C[C@@H]4C=C[C@@H]3C4)CC2)CC1. The molecule has 1 saturated carbocycles. The Morgan fingerprint density at radius 2 is 1.67 bits per heavy atom. The van der Waals surface area contributed by atoms with E-state index >= 15 is 0 Å². The van der Waals surface area contributed by atoms with Crippen LogP contribution in [0.1, 0.15) is 25.7 Å². The van der Waals surface area contributed by atoms with Gasteiger partial charge in [-0.2, -0.15) is 0 Å². The van der Waals surface area contributed by atoms with Gasteiger partial charge in [-0.15, -0.1) is 0 Å². The molecule has 0 spiro atoms. The third-order valence-electron chi connectivity index (χ3n) is 7.49. The first-order valence-electron chi connectivity index (χ1n) is 10.9. The molecule has 3 atom stereocenters. The molecule has 1 aromatic carbocycles. The van der Waals surface area contributed by atoms with Crippen LogP contribution in [0.15, 0.2) is 36.4 Å². The van der Waals surface area contributed by atoms with Crippen molar-refractivity contribution in [2.45, 2.75) is 31.7 Å². The third-order valence-corrected chi connectivity index (χ3v) is 7.49. The lowest BCUT2D eigenvalue weighted by atomic mass is 9.92. The van der Waals surface area contributed by atoms with Gasteiger partial charge < -0.3 is 9.80 Å². The average molecular weight is 370 g/mol. The summed E-state index contributed by atoms with van der Waals surface area (Å²) in [6, 6.07) is 7.92. The van der Waals surface area contributed by atoms with Crippen molar-refractivity contribution in [3.63, 3.8) is 0 Å². The van der Waals surface area contributed by atoms with Crippen molar-refractivity contribution >= 4 is 5.69 Å². The number of hydrogen-bond acceptors (Lipinski definition) is 3. The minimum Gasteiger partial charge on any atom is -0.367 e. The maximum atomic E-state index is 14.0. The number of benzene rings is 1. The highest BCUT2D eigenvalue weighted by atomic mass is 19.1. The fourth-order valence-electron chi connectivity index (χ4n) is 5.94. The Morgan fingerprint density at radius 1 is 0.889 bits per heavy atom. The van der Waals surface area contributed by atoms with Gasteiger partial charge in [-0.05, 0) is 68.7 Å². The summed E-state index contributed by atoms with van der Waals surface area (Å²) in [5, 5.41) is 0. The van der Waals surface area contributed by atoms with Crippen molar-refractivity contribution < 1.29 is 4.39 Å². The Hall–Kier alpha value is -1.39. The topological polar surface area (TPSA) is 9.72 Å². The first-order chi connectivity index (χ1) is 13.3. The molecule has 0 N–H and O–H groups in total. The van der Waals surface area contributed by atoms with E-state index in [-0.39, 0.29) is 5.82 Å². The number of rotatable bonds is 4. The first-order valence-corrected chi connectivity index (χ1v) is 10.9. The largest absolute Gasteiger partial charge is 0.367 e. The van der Waals surface area contributed by atoms with Crippen LogP contribution in [0, 0.1) is 23.6 Å². The van der Waals surface area contributed by atoms with E-state index in [1.165, 1.54) is 45.3 Å². The zero-order chi connectivity index (χ0) is 18.2. The molecule has 2 aliphatic heterocycles. The second kappa shape index (κ2) is 7.56. The summed E-state index contributed by atoms with van der Waals surface area (Å²) < 4.78 is 14.0. The number of hydrogen-bond donors (Lipinski definition) is 0. The van der Waals surface area contributed by atoms with E-state index in [0.717, 1.165) is 55.7 Å². The number of allylic oxidation sites excluding steroid dienone is 2. The Labute approximate surface area is 162 Å². The van der Waals surface area contributed by atoms with E-state index in [1.54, 1.807) is 12.1 Å². The molecule has 27 heavy (non-hydrogen) atoms. The lowest BCUT2D eigenvalue weighted by Gasteiger charge is -2.44. The zero-order valence-corrected chi connectivity index (χ0v) is 16.3. The molecular formula is C23H32FN3. The van der Waals surface area contributed by atoms with Crippen LogP contribution in [0.4, 0.5) is 10.1 Å². The van der Waals surface area contributed by atoms with Crippen LogP contribution in [0.5, 0.6) is 0 Å². The van der Waals surface area contributed by atoms with Crippen LogP contribution in [-0.4, -0.2) is 61.7 Å². The van der Waals surface area contributed by atoms with Crippen LogP contribution >= 0.6 is 0 Å². The van der Waals surface area contributed by atoms with Crippen LogP contribution in [0.25, 0.3) is 0 Å². The Morgan fingerprint density at radius 3 is 2.33 bits per heavy atom. The number of para-hydroxylation sites is 1. The second-order valence-electron chi connectivity index (χ2n) is 9.05. The quantitative estimate of drug-likeness (QED) is 0.751. The summed E-state index contributed by atoms with van der Waals surface area (Å²) in [6.45, 7) is 7.86. The number of anilines is 1. The predicted molar refractivity (Wildman–Crippen MR) is 108 cm³/mol. The smallest absolute Gasteiger partial charge is 0.146 e. The van der Waals surface area contributed by atoms with Gasteiger partial charge in [0.2, 0.25) is 0 Å². The van der Waals surface area contributed by atoms with Crippen molar-refractivity contribution in [1.82, 2.24) is 9.80 Å². The van der Waals surface area contributed by atoms with Crippen molar-refractivity contribution in [3.8, 4) is 0 Å². The Bertz CT molecular complexity index is 674. The molecule has 0 unspecified atom stereocenters. The number of piperazine rings is 1. The standard InChI is InChI=1S/C23H32FN3/c24-22-3-1-2-4-23(22)27-13-11-26(12-14-27)21-7-9-25(10-8-21)17-20-16-18-5-6-19(20)15-18/h1-6,18-21H,7-17H2/t18-,19-,20-/m1/s1. The van der Waals surface area contributed by atoms with Crippen LogP contribution in [-0.2, 0) is 0 Å². The van der Waals surface area contributed by atoms with E-state index in [9.17, 15) is 4.39 Å². The van der Waals surface area contributed by atoms with Crippen molar-refractivity contribution in [2.75, 3.05) is 50.7 Å². The maximum absolute atomic E-state index is 14.0. The molecule has 0 aromatic heterocycles. The van der Waals surface area contributed by atoms with Crippen molar-refractivity contribution in [1.29, 1.82) is 0 Å². The molecule has 146 valence electrons. The monoisotopic (exact) mass is 369 g/mol. The second-order valence-corrected chi connectivity index (χ2v) is 9.05. The summed E-state index contributed by atoms with van der Waals surface area (Å²) in [5.74, 6) is 2.60. The fraction of sp³-hybridized carbons (Fsp3) is 0.652. The van der Waals surface area contributed by atoms with Crippen LogP contribution in [0.3, 0.4) is 0 Å². The van der Waals surface area contributed by atoms with Gasteiger partial charge in [0, 0.05) is 38.8 Å². The lowest BCUT2D eigenvalue weighted by molar-refractivity contribution is 0.0918. The van der Waals surface area contributed by atoms with Crippen LogP contribution in [0.2, 0.25) is 0 Å². The molecule has 3 fully saturated rings. The molecule has 0 amide bonds. The summed E-state index contributed by atoms with van der Waals surface area (Å²) in [4.78, 5) is 7.60. The number of likely N-dealkylation sites (tertiary alicyclic amines) is 1. The van der Waals surface area contributed by atoms with E-state index in [4.69, 9.17) is 0 Å². The third kappa shape index (κ3) is 3.66.